The fraction of sp³-hybridized carbons (Fsp3) is 0.0588. The second-order valence-electron chi connectivity index (χ2n) is 5.04. The highest BCUT2D eigenvalue weighted by atomic mass is 19.1. The monoisotopic (exact) mass is 296 g/mol. The highest BCUT2D eigenvalue weighted by molar-refractivity contribution is 6.05. The van der Waals surface area contributed by atoms with Gasteiger partial charge in [-0.25, -0.2) is 4.39 Å². The van der Waals surface area contributed by atoms with Gasteiger partial charge in [-0.2, -0.15) is 0 Å². The smallest absolute Gasteiger partial charge is 0.255 e. The molecular weight excluding hydrogens is 283 g/mol. The summed E-state index contributed by atoms with van der Waals surface area (Å²) in [5.41, 5.74) is 2.24. The number of rotatable bonds is 2. The fourth-order valence-corrected chi connectivity index (χ4v) is 2.26. The average molecular weight is 296 g/mol. The topological polar surface area (TPSA) is 62.0 Å². The van der Waals surface area contributed by atoms with E-state index in [1.165, 1.54) is 30.3 Å². The zero-order chi connectivity index (χ0) is 15.7. The molecule has 4 nitrogen and oxygen atoms in total. The Kier molecular flexibility index (Phi) is 3.47. The van der Waals surface area contributed by atoms with E-state index in [2.05, 4.69) is 10.3 Å². The molecule has 0 radical (unpaired) electrons. The number of amides is 1. The van der Waals surface area contributed by atoms with Crippen LogP contribution in [0, 0.1) is 12.7 Å². The molecular formula is C17H13FN2O2. The minimum Gasteiger partial charge on any atom is -0.358 e. The van der Waals surface area contributed by atoms with Crippen LogP contribution in [0.5, 0.6) is 0 Å². The molecule has 1 heterocycles. The van der Waals surface area contributed by atoms with Crippen molar-refractivity contribution in [3.8, 4) is 0 Å². The van der Waals surface area contributed by atoms with Gasteiger partial charge in [-0.15, -0.1) is 0 Å². The summed E-state index contributed by atoms with van der Waals surface area (Å²) in [5, 5.41) is 3.20. The summed E-state index contributed by atoms with van der Waals surface area (Å²) in [6.07, 6.45) is 0. The van der Waals surface area contributed by atoms with Crippen molar-refractivity contribution in [2.24, 2.45) is 0 Å². The number of aromatic nitrogens is 1. The molecule has 0 atom stereocenters. The SMILES string of the molecule is Cc1cc(=O)c2cc(NC(=O)c3ccc(F)cc3)ccc2[nH]1. The number of H-pyrrole nitrogens is 1. The van der Waals surface area contributed by atoms with Gasteiger partial charge in [0.15, 0.2) is 5.43 Å². The lowest BCUT2D eigenvalue weighted by atomic mass is 10.1. The van der Waals surface area contributed by atoms with Crippen molar-refractivity contribution in [1.82, 2.24) is 4.98 Å². The van der Waals surface area contributed by atoms with Gasteiger partial charge in [-0.05, 0) is 49.4 Å². The standard InChI is InChI=1S/C17H13FN2O2/c1-10-8-16(21)14-9-13(6-7-15(14)19-10)20-17(22)11-2-4-12(18)5-3-11/h2-9H,1H3,(H,19,21)(H,20,22). The summed E-state index contributed by atoms with van der Waals surface area (Å²) in [7, 11) is 0. The van der Waals surface area contributed by atoms with Gasteiger partial charge in [0, 0.05) is 33.9 Å². The van der Waals surface area contributed by atoms with E-state index < -0.39 is 5.82 Å². The second kappa shape index (κ2) is 5.44. The highest BCUT2D eigenvalue weighted by Gasteiger charge is 2.08. The molecule has 3 aromatic rings. The third-order valence-corrected chi connectivity index (χ3v) is 3.33. The van der Waals surface area contributed by atoms with E-state index in [0.29, 0.717) is 22.2 Å². The van der Waals surface area contributed by atoms with E-state index in [1.807, 2.05) is 6.92 Å². The number of fused-ring (bicyclic) bond motifs is 1. The number of carbonyl (C=O) groups is 1. The largest absolute Gasteiger partial charge is 0.358 e. The minimum absolute atomic E-state index is 0.107. The zero-order valence-electron chi connectivity index (χ0n) is 11.8. The summed E-state index contributed by atoms with van der Waals surface area (Å²) >= 11 is 0. The minimum atomic E-state index is -0.399. The molecule has 2 N–H and O–H groups in total. The van der Waals surface area contributed by atoms with E-state index in [9.17, 15) is 14.0 Å². The van der Waals surface area contributed by atoms with E-state index in [4.69, 9.17) is 0 Å². The van der Waals surface area contributed by atoms with E-state index in [-0.39, 0.29) is 11.3 Å². The normalized spacial score (nSPS) is 10.6. The molecule has 110 valence electrons. The summed E-state index contributed by atoms with van der Waals surface area (Å²) in [5.74, 6) is -0.757. The number of hydrogen-bond donors (Lipinski definition) is 2. The first-order chi connectivity index (χ1) is 10.5. The molecule has 5 heteroatoms. The maximum absolute atomic E-state index is 12.9. The maximum Gasteiger partial charge on any atom is 0.255 e. The molecule has 2 aromatic carbocycles. The van der Waals surface area contributed by atoms with Crippen molar-refractivity contribution in [2.45, 2.75) is 6.92 Å². The molecule has 0 bridgehead atoms. The maximum atomic E-state index is 12.9. The van der Waals surface area contributed by atoms with Gasteiger partial charge in [0.25, 0.3) is 5.91 Å². The van der Waals surface area contributed by atoms with Crippen molar-refractivity contribution >= 4 is 22.5 Å². The van der Waals surface area contributed by atoms with Gasteiger partial charge in [0.05, 0.1) is 0 Å². The number of benzene rings is 2. The number of anilines is 1. The molecule has 0 saturated heterocycles. The fourth-order valence-electron chi connectivity index (χ4n) is 2.26. The molecule has 3 rings (SSSR count). The Hall–Kier alpha value is -2.95. The Balaban J connectivity index is 1.92. The van der Waals surface area contributed by atoms with Gasteiger partial charge in [0.1, 0.15) is 5.82 Å². The van der Waals surface area contributed by atoms with Crippen LogP contribution in [0.1, 0.15) is 16.1 Å². The number of halogens is 1. The first-order valence-corrected chi connectivity index (χ1v) is 6.73. The lowest BCUT2D eigenvalue weighted by Crippen LogP contribution is -2.12. The Labute approximate surface area is 125 Å². The van der Waals surface area contributed by atoms with Crippen LogP contribution < -0.4 is 10.7 Å². The molecule has 0 aliphatic heterocycles. The average Bonchev–Trinajstić information content (AvgIpc) is 2.48. The van der Waals surface area contributed by atoms with Crippen molar-refractivity contribution in [2.75, 3.05) is 5.32 Å². The Bertz CT molecular complexity index is 914. The van der Waals surface area contributed by atoms with Gasteiger partial charge in [-0.1, -0.05) is 0 Å². The van der Waals surface area contributed by atoms with Crippen LogP contribution in [-0.2, 0) is 0 Å². The predicted molar refractivity (Wildman–Crippen MR) is 83.7 cm³/mol. The van der Waals surface area contributed by atoms with Crippen LogP contribution in [0.2, 0.25) is 0 Å². The molecule has 0 saturated carbocycles. The third kappa shape index (κ3) is 2.74. The third-order valence-electron chi connectivity index (χ3n) is 3.33. The van der Waals surface area contributed by atoms with Crippen LogP contribution >= 0.6 is 0 Å². The predicted octanol–water partition coefficient (Wildman–Crippen LogP) is 3.23. The van der Waals surface area contributed by atoms with Crippen molar-refractivity contribution in [3.63, 3.8) is 0 Å². The van der Waals surface area contributed by atoms with Crippen LogP contribution in [0.15, 0.2) is 53.3 Å². The molecule has 0 fully saturated rings. The summed E-state index contributed by atoms with van der Waals surface area (Å²) in [6.45, 7) is 1.81. The first kappa shape index (κ1) is 14.0. The summed E-state index contributed by atoms with van der Waals surface area (Å²) < 4.78 is 12.9. The number of aromatic amines is 1. The molecule has 0 aliphatic rings. The van der Waals surface area contributed by atoms with E-state index in [0.717, 1.165) is 5.69 Å². The summed E-state index contributed by atoms with van der Waals surface area (Å²) in [6, 6.07) is 11.8. The molecule has 1 aromatic heterocycles. The zero-order valence-corrected chi connectivity index (χ0v) is 11.8. The van der Waals surface area contributed by atoms with Crippen LogP contribution in [0.4, 0.5) is 10.1 Å². The number of pyridine rings is 1. The van der Waals surface area contributed by atoms with Crippen LogP contribution in [0.25, 0.3) is 10.9 Å². The van der Waals surface area contributed by atoms with Gasteiger partial charge < -0.3 is 10.3 Å². The number of nitrogens with one attached hydrogen (secondary N) is 2. The van der Waals surface area contributed by atoms with Crippen molar-refractivity contribution in [3.05, 3.63) is 75.8 Å². The lowest BCUT2D eigenvalue weighted by molar-refractivity contribution is 0.102. The quantitative estimate of drug-likeness (QED) is 0.762. The number of carbonyl (C=O) groups excluding carboxylic acids is 1. The van der Waals surface area contributed by atoms with Gasteiger partial charge in [-0.3, -0.25) is 9.59 Å². The Morgan fingerprint density at radius 1 is 1.09 bits per heavy atom. The van der Waals surface area contributed by atoms with Crippen LogP contribution in [0.3, 0.4) is 0 Å². The van der Waals surface area contributed by atoms with E-state index in [1.54, 1.807) is 18.2 Å². The van der Waals surface area contributed by atoms with Crippen molar-refractivity contribution < 1.29 is 9.18 Å². The highest BCUT2D eigenvalue weighted by Crippen LogP contribution is 2.16. The second-order valence-corrected chi connectivity index (χ2v) is 5.04. The molecule has 0 aliphatic carbocycles. The van der Waals surface area contributed by atoms with E-state index >= 15 is 0 Å². The molecule has 1 amide bonds. The number of aryl methyl sites for hydroxylation is 1. The molecule has 0 unspecified atom stereocenters. The lowest BCUT2D eigenvalue weighted by Gasteiger charge is -2.07. The number of hydrogen-bond acceptors (Lipinski definition) is 2. The Morgan fingerprint density at radius 2 is 1.82 bits per heavy atom. The first-order valence-electron chi connectivity index (χ1n) is 6.73. The van der Waals surface area contributed by atoms with Gasteiger partial charge >= 0.3 is 0 Å². The van der Waals surface area contributed by atoms with Crippen molar-refractivity contribution in [1.29, 1.82) is 0 Å². The van der Waals surface area contributed by atoms with Crippen LogP contribution in [-0.4, -0.2) is 10.9 Å². The Morgan fingerprint density at radius 3 is 2.55 bits per heavy atom. The molecule has 0 spiro atoms. The summed E-state index contributed by atoms with van der Waals surface area (Å²) in [4.78, 5) is 27.1. The van der Waals surface area contributed by atoms with Gasteiger partial charge in [0.2, 0.25) is 0 Å². The molecule has 22 heavy (non-hydrogen) atoms.